The van der Waals surface area contributed by atoms with E-state index in [1.165, 1.54) is 0 Å². The van der Waals surface area contributed by atoms with E-state index in [0.717, 1.165) is 11.0 Å². The van der Waals surface area contributed by atoms with Crippen LogP contribution in [0.25, 0.3) is 11.0 Å². The average Bonchev–Trinajstić information content (AvgIpc) is 3.15. The van der Waals surface area contributed by atoms with Gasteiger partial charge < -0.3 is 15.9 Å². The second kappa shape index (κ2) is 6.61. The number of aromatic nitrogens is 1. The van der Waals surface area contributed by atoms with Crippen LogP contribution in [0, 0.1) is 0 Å². The molecule has 0 radical (unpaired) electrons. The van der Waals surface area contributed by atoms with Gasteiger partial charge in [0.2, 0.25) is 5.91 Å². The molecular weight excluding hydrogens is 316 g/mol. The van der Waals surface area contributed by atoms with Crippen LogP contribution in [0.1, 0.15) is 20.7 Å². The molecule has 4 N–H and O–H groups in total. The van der Waals surface area contributed by atoms with Gasteiger partial charge in [-0.15, -0.1) is 0 Å². The van der Waals surface area contributed by atoms with E-state index in [0.29, 0.717) is 11.1 Å². The van der Waals surface area contributed by atoms with Crippen molar-refractivity contribution in [1.82, 2.24) is 4.57 Å². The van der Waals surface area contributed by atoms with Crippen molar-refractivity contribution in [3.8, 4) is 0 Å². The van der Waals surface area contributed by atoms with Crippen molar-refractivity contribution >= 4 is 34.8 Å². The van der Waals surface area contributed by atoms with Gasteiger partial charge >= 0.3 is 11.9 Å². The SMILES string of the molecule is NC(=O)c1ccc(C(=O)n2c3ccc2cc3)cc1.O=C(O)C(=O)O. The summed E-state index contributed by atoms with van der Waals surface area (Å²) < 4.78 is 1.64. The topological polar surface area (TPSA) is 140 Å². The van der Waals surface area contributed by atoms with Crippen molar-refractivity contribution < 1.29 is 29.4 Å². The highest BCUT2D eigenvalue weighted by atomic mass is 16.4. The van der Waals surface area contributed by atoms with Crippen LogP contribution in [0.4, 0.5) is 0 Å². The molecule has 0 saturated heterocycles. The molecule has 8 nitrogen and oxygen atoms in total. The highest BCUT2D eigenvalue weighted by Gasteiger charge is 2.14. The van der Waals surface area contributed by atoms with E-state index in [1.807, 2.05) is 24.3 Å². The Hall–Kier alpha value is -3.68. The molecule has 0 spiro atoms. The largest absolute Gasteiger partial charge is 0.473 e. The summed E-state index contributed by atoms with van der Waals surface area (Å²) >= 11 is 0. The number of aliphatic carboxylic acids is 2. The van der Waals surface area contributed by atoms with Crippen LogP contribution in [0.3, 0.4) is 0 Å². The molecule has 2 bridgehead atoms. The zero-order valence-electron chi connectivity index (χ0n) is 12.2. The van der Waals surface area contributed by atoms with Crippen molar-refractivity contribution in [2.45, 2.75) is 0 Å². The quantitative estimate of drug-likeness (QED) is 0.600. The van der Waals surface area contributed by atoms with Gasteiger partial charge in [0.05, 0.1) is 0 Å². The Kier molecular flexibility index (Phi) is 4.60. The van der Waals surface area contributed by atoms with Gasteiger partial charge in [0.1, 0.15) is 0 Å². The highest BCUT2D eigenvalue weighted by Crippen LogP contribution is 2.19. The van der Waals surface area contributed by atoms with Crippen molar-refractivity contribution in [3.63, 3.8) is 0 Å². The first-order valence-corrected chi connectivity index (χ1v) is 6.62. The van der Waals surface area contributed by atoms with Gasteiger partial charge in [-0.25, -0.2) is 9.59 Å². The number of nitrogens with two attached hydrogens (primary N) is 1. The number of carbonyl (C=O) groups excluding carboxylic acids is 2. The molecule has 8 heteroatoms. The molecule has 3 aromatic rings. The van der Waals surface area contributed by atoms with Gasteiger partial charge in [0.25, 0.3) is 5.91 Å². The lowest BCUT2D eigenvalue weighted by Gasteiger charge is -2.03. The summed E-state index contributed by atoms with van der Waals surface area (Å²) in [4.78, 5) is 41.4. The lowest BCUT2D eigenvalue weighted by molar-refractivity contribution is -0.159. The molecule has 2 heterocycles. The maximum absolute atomic E-state index is 12.3. The molecule has 2 aromatic heterocycles. The fourth-order valence-corrected chi connectivity index (χ4v) is 2.04. The van der Waals surface area contributed by atoms with Crippen molar-refractivity contribution in [3.05, 3.63) is 59.7 Å². The maximum Gasteiger partial charge on any atom is 0.414 e. The van der Waals surface area contributed by atoms with Gasteiger partial charge in [-0.3, -0.25) is 14.2 Å². The van der Waals surface area contributed by atoms with Gasteiger partial charge in [-0.2, -0.15) is 0 Å². The van der Waals surface area contributed by atoms with Crippen LogP contribution in [0.5, 0.6) is 0 Å². The van der Waals surface area contributed by atoms with Gasteiger partial charge in [-0.05, 0) is 48.5 Å². The lowest BCUT2D eigenvalue weighted by Crippen LogP contribution is -2.13. The molecule has 0 unspecified atom stereocenters. The molecule has 0 saturated carbocycles. The lowest BCUT2D eigenvalue weighted by atomic mass is 10.1. The summed E-state index contributed by atoms with van der Waals surface area (Å²) in [6, 6.07) is 13.9. The molecule has 0 aliphatic carbocycles. The summed E-state index contributed by atoms with van der Waals surface area (Å²) in [5.74, 6) is -4.25. The van der Waals surface area contributed by atoms with E-state index < -0.39 is 17.8 Å². The zero-order valence-corrected chi connectivity index (χ0v) is 12.2. The number of rotatable bonds is 2. The first kappa shape index (κ1) is 16.7. The third-order valence-corrected chi connectivity index (χ3v) is 3.17. The summed E-state index contributed by atoms with van der Waals surface area (Å²) in [7, 11) is 0. The fourth-order valence-electron chi connectivity index (χ4n) is 2.04. The van der Waals surface area contributed by atoms with E-state index in [9.17, 15) is 9.59 Å². The molecule has 24 heavy (non-hydrogen) atoms. The minimum atomic E-state index is -1.82. The smallest absolute Gasteiger partial charge is 0.414 e. The summed E-state index contributed by atoms with van der Waals surface area (Å²) in [6.07, 6.45) is 0. The molecule has 0 atom stereocenters. The number of benzene rings is 2. The van der Waals surface area contributed by atoms with Crippen LogP contribution >= 0.6 is 0 Å². The molecular formula is C16H12N2O6. The predicted molar refractivity (Wildman–Crippen MR) is 83.1 cm³/mol. The molecule has 122 valence electrons. The molecule has 0 fully saturated rings. The first-order chi connectivity index (χ1) is 11.3. The third-order valence-electron chi connectivity index (χ3n) is 3.17. The van der Waals surface area contributed by atoms with E-state index in [1.54, 1.807) is 28.8 Å². The van der Waals surface area contributed by atoms with E-state index in [2.05, 4.69) is 0 Å². The highest BCUT2D eigenvalue weighted by molar-refractivity contribution is 6.27. The van der Waals surface area contributed by atoms with Gasteiger partial charge in [-0.1, -0.05) is 0 Å². The Morgan fingerprint density at radius 1 is 0.708 bits per heavy atom. The standard InChI is InChI=1S/C14H10N2O2.C2H2O4/c15-13(17)9-1-3-10(4-2-9)14(18)16-11-5-6-12(16)8-7-11;3-1(4)2(5)6/h1-8H,(H2,15,17);(H,3,4)(H,5,6). The number of carboxylic acids is 2. The molecule has 3 rings (SSSR count). The number of nitrogens with zero attached hydrogens (tertiary/aromatic N) is 1. The number of hydrogen-bond donors (Lipinski definition) is 3. The summed E-state index contributed by atoms with van der Waals surface area (Å²) in [6.45, 7) is 0. The van der Waals surface area contributed by atoms with Crippen molar-refractivity contribution in [1.29, 1.82) is 0 Å². The second-order valence-electron chi connectivity index (χ2n) is 4.71. The Labute approximate surface area is 135 Å². The minimum Gasteiger partial charge on any atom is -0.473 e. The van der Waals surface area contributed by atoms with Crippen LogP contribution in [-0.2, 0) is 9.59 Å². The molecule has 1 amide bonds. The number of fused-ring (bicyclic) bond motifs is 2. The Balaban J connectivity index is 0.000000301. The number of carbonyl (C=O) groups is 4. The van der Waals surface area contributed by atoms with E-state index >= 15 is 0 Å². The monoisotopic (exact) mass is 328 g/mol. The van der Waals surface area contributed by atoms with Gasteiger partial charge in [0, 0.05) is 22.2 Å². The van der Waals surface area contributed by atoms with Crippen molar-refractivity contribution in [2.24, 2.45) is 5.73 Å². The number of carboxylic acid groups (broad SMARTS) is 2. The second-order valence-corrected chi connectivity index (χ2v) is 4.71. The van der Waals surface area contributed by atoms with Crippen LogP contribution in [0.15, 0.2) is 48.5 Å². The van der Waals surface area contributed by atoms with Gasteiger partial charge in [0.15, 0.2) is 0 Å². The Morgan fingerprint density at radius 2 is 1.08 bits per heavy atom. The van der Waals surface area contributed by atoms with Crippen molar-refractivity contribution in [2.75, 3.05) is 0 Å². The third kappa shape index (κ3) is 3.38. The first-order valence-electron chi connectivity index (χ1n) is 6.62. The van der Waals surface area contributed by atoms with Crippen LogP contribution < -0.4 is 5.73 Å². The summed E-state index contributed by atoms with van der Waals surface area (Å²) in [5, 5.41) is 14.8. The predicted octanol–water partition coefficient (Wildman–Crippen LogP) is 1.02. The van der Waals surface area contributed by atoms with Crippen LogP contribution in [-0.4, -0.2) is 38.5 Å². The molecule has 0 aliphatic rings. The Bertz CT molecular complexity index is 850. The normalized spacial score (nSPS) is 10.0. The Morgan fingerprint density at radius 3 is 1.42 bits per heavy atom. The number of amides is 1. The summed E-state index contributed by atoms with van der Waals surface area (Å²) in [5.41, 5.74) is 7.82. The van der Waals surface area contributed by atoms with E-state index in [4.69, 9.17) is 25.5 Å². The average molecular weight is 328 g/mol. The zero-order chi connectivity index (χ0) is 17.9. The molecule has 0 aliphatic heterocycles. The number of primary amides is 1. The maximum atomic E-state index is 12.3. The number of hydrogen-bond acceptors (Lipinski definition) is 4. The van der Waals surface area contributed by atoms with Crippen LogP contribution in [0.2, 0.25) is 0 Å². The fraction of sp³-hybridized carbons (Fsp3) is 0. The molecule has 1 aromatic carbocycles. The minimum absolute atomic E-state index is 0.106. The van der Waals surface area contributed by atoms with E-state index in [-0.39, 0.29) is 5.91 Å².